The quantitative estimate of drug-likeness (QED) is 0.625. The molecule has 0 bridgehead atoms. The molecule has 5 nitrogen and oxygen atoms in total. The number of carbonyl (C=O) groups is 2. The van der Waals surface area contributed by atoms with Gasteiger partial charge in [-0.05, 0) is 6.92 Å². The van der Waals surface area contributed by atoms with E-state index in [4.69, 9.17) is 10.2 Å². The minimum atomic E-state index is -1.08. The standard InChI is InChI=1S/C8H11NO4/c1-5(4-10)9-3-6(8(12)13)2-7(9)11/h3,5,10H,2,4H2,1H3,(H,12,13). The first-order chi connectivity index (χ1) is 6.06. The highest BCUT2D eigenvalue weighted by atomic mass is 16.4. The first kappa shape index (κ1) is 9.73. The topological polar surface area (TPSA) is 77.8 Å². The van der Waals surface area contributed by atoms with Crippen LogP contribution in [0.25, 0.3) is 0 Å². The van der Waals surface area contributed by atoms with Crippen LogP contribution in [0.4, 0.5) is 0 Å². The SMILES string of the molecule is CC(CO)N1C=C(C(=O)O)CC1=O. The number of carboxylic acids is 1. The van der Waals surface area contributed by atoms with Crippen LogP contribution in [0.5, 0.6) is 0 Å². The molecule has 1 rings (SSSR count). The van der Waals surface area contributed by atoms with Crippen LogP contribution < -0.4 is 0 Å². The summed E-state index contributed by atoms with van der Waals surface area (Å²) in [5.74, 6) is -1.36. The summed E-state index contributed by atoms with van der Waals surface area (Å²) in [6.45, 7) is 1.48. The molecule has 0 radical (unpaired) electrons. The largest absolute Gasteiger partial charge is 0.478 e. The molecule has 1 heterocycles. The molecule has 0 aromatic heterocycles. The van der Waals surface area contributed by atoms with E-state index in [2.05, 4.69) is 0 Å². The number of aliphatic hydroxyl groups excluding tert-OH is 1. The van der Waals surface area contributed by atoms with Crippen molar-refractivity contribution in [3.8, 4) is 0 Å². The van der Waals surface area contributed by atoms with E-state index < -0.39 is 5.97 Å². The average Bonchev–Trinajstić information content (AvgIpc) is 2.46. The van der Waals surface area contributed by atoms with E-state index in [1.807, 2.05) is 0 Å². The van der Waals surface area contributed by atoms with E-state index >= 15 is 0 Å². The van der Waals surface area contributed by atoms with Gasteiger partial charge in [-0.2, -0.15) is 0 Å². The van der Waals surface area contributed by atoms with Gasteiger partial charge in [0.2, 0.25) is 5.91 Å². The average molecular weight is 185 g/mol. The summed E-state index contributed by atoms with van der Waals surface area (Å²) in [4.78, 5) is 22.9. The zero-order valence-corrected chi connectivity index (χ0v) is 7.23. The molecule has 72 valence electrons. The number of aliphatic hydroxyl groups is 1. The first-order valence-electron chi connectivity index (χ1n) is 3.92. The maximum Gasteiger partial charge on any atom is 0.333 e. The van der Waals surface area contributed by atoms with Crippen molar-refractivity contribution in [1.82, 2.24) is 4.90 Å². The molecule has 0 fully saturated rings. The van der Waals surface area contributed by atoms with Crippen LogP contribution in [0.1, 0.15) is 13.3 Å². The number of hydrogen-bond acceptors (Lipinski definition) is 3. The molecule has 0 saturated heterocycles. The normalized spacial score (nSPS) is 18.8. The third-order valence-corrected chi connectivity index (χ3v) is 1.94. The zero-order chi connectivity index (χ0) is 10.0. The predicted molar refractivity (Wildman–Crippen MR) is 43.7 cm³/mol. The second kappa shape index (κ2) is 3.57. The van der Waals surface area contributed by atoms with Crippen LogP contribution in [0.3, 0.4) is 0 Å². The summed E-state index contributed by atoms with van der Waals surface area (Å²) < 4.78 is 0. The predicted octanol–water partition coefficient (Wildman–Crippen LogP) is -0.432. The van der Waals surface area contributed by atoms with Gasteiger partial charge in [0, 0.05) is 6.20 Å². The van der Waals surface area contributed by atoms with Gasteiger partial charge in [-0.15, -0.1) is 0 Å². The molecule has 0 spiro atoms. The minimum Gasteiger partial charge on any atom is -0.478 e. The number of hydrogen-bond donors (Lipinski definition) is 2. The Bertz CT molecular complexity index is 271. The van der Waals surface area contributed by atoms with E-state index in [1.165, 1.54) is 11.1 Å². The number of amides is 1. The highest BCUT2D eigenvalue weighted by molar-refractivity contribution is 5.97. The lowest BCUT2D eigenvalue weighted by atomic mass is 10.2. The van der Waals surface area contributed by atoms with E-state index in [9.17, 15) is 9.59 Å². The lowest BCUT2D eigenvalue weighted by Gasteiger charge is -2.19. The van der Waals surface area contributed by atoms with Crippen LogP contribution in [-0.2, 0) is 9.59 Å². The molecule has 1 atom stereocenters. The van der Waals surface area contributed by atoms with E-state index in [0.717, 1.165) is 0 Å². The molecule has 13 heavy (non-hydrogen) atoms. The molecule has 0 aromatic rings. The Hall–Kier alpha value is -1.36. The maximum absolute atomic E-state index is 11.2. The molecule has 5 heteroatoms. The summed E-state index contributed by atoms with van der Waals surface area (Å²) >= 11 is 0. The number of rotatable bonds is 3. The molecular weight excluding hydrogens is 174 g/mol. The highest BCUT2D eigenvalue weighted by Gasteiger charge is 2.28. The first-order valence-corrected chi connectivity index (χ1v) is 3.92. The fraction of sp³-hybridized carbons (Fsp3) is 0.500. The van der Waals surface area contributed by atoms with Crippen LogP contribution in [-0.4, -0.2) is 39.6 Å². The summed E-state index contributed by atoms with van der Waals surface area (Å²) in [7, 11) is 0. The summed E-state index contributed by atoms with van der Waals surface area (Å²) in [6, 6.07) is -0.357. The van der Waals surface area contributed by atoms with Gasteiger partial charge < -0.3 is 15.1 Å². The molecule has 0 aromatic carbocycles. The van der Waals surface area contributed by atoms with Crippen LogP contribution >= 0.6 is 0 Å². The lowest BCUT2D eigenvalue weighted by Crippen LogP contribution is -2.33. The van der Waals surface area contributed by atoms with Gasteiger partial charge in [0.25, 0.3) is 0 Å². The summed E-state index contributed by atoms with van der Waals surface area (Å²) in [5.41, 5.74) is 0.0744. The fourth-order valence-electron chi connectivity index (χ4n) is 1.13. The number of aliphatic carboxylic acids is 1. The smallest absolute Gasteiger partial charge is 0.333 e. The molecule has 1 aliphatic heterocycles. The molecule has 1 aliphatic rings. The molecule has 1 unspecified atom stereocenters. The van der Waals surface area contributed by atoms with Crippen molar-refractivity contribution in [2.24, 2.45) is 0 Å². The van der Waals surface area contributed by atoms with E-state index in [1.54, 1.807) is 6.92 Å². The lowest BCUT2D eigenvalue weighted by molar-refractivity contribution is -0.134. The van der Waals surface area contributed by atoms with Gasteiger partial charge in [0.1, 0.15) is 0 Å². The molecular formula is C8H11NO4. The van der Waals surface area contributed by atoms with E-state index in [0.29, 0.717) is 0 Å². The Morgan fingerprint density at radius 2 is 2.38 bits per heavy atom. The zero-order valence-electron chi connectivity index (χ0n) is 7.23. The fourth-order valence-corrected chi connectivity index (χ4v) is 1.13. The summed E-state index contributed by atoms with van der Waals surface area (Å²) in [5, 5.41) is 17.4. The van der Waals surface area contributed by atoms with Crippen LogP contribution in [0.15, 0.2) is 11.8 Å². The van der Waals surface area contributed by atoms with Crippen molar-refractivity contribution < 1.29 is 19.8 Å². The molecule has 2 N–H and O–H groups in total. The Morgan fingerprint density at radius 1 is 1.77 bits per heavy atom. The highest BCUT2D eigenvalue weighted by Crippen LogP contribution is 2.18. The van der Waals surface area contributed by atoms with E-state index in [-0.39, 0.29) is 30.5 Å². The van der Waals surface area contributed by atoms with Crippen LogP contribution in [0.2, 0.25) is 0 Å². The van der Waals surface area contributed by atoms with Gasteiger partial charge in [-0.1, -0.05) is 0 Å². The molecule has 0 aliphatic carbocycles. The van der Waals surface area contributed by atoms with Crippen LogP contribution in [0, 0.1) is 0 Å². The molecule has 1 amide bonds. The minimum absolute atomic E-state index is 0.0744. The monoisotopic (exact) mass is 185 g/mol. The van der Waals surface area contributed by atoms with Crippen molar-refractivity contribution in [2.45, 2.75) is 19.4 Å². The second-order valence-electron chi connectivity index (χ2n) is 2.97. The second-order valence-corrected chi connectivity index (χ2v) is 2.97. The van der Waals surface area contributed by atoms with Crippen molar-refractivity contribution in [1.29, 1.82) is 0 Å². The maximum atomic E-state index is 11.2. The third-order valence-electron chi connectivity index (χ3n) is 1.94. The van der Waals surface area contributed by atoms with Gasteiger partial charge in [0.15, 0.2) is 0 Å². The molecule has 0 saturated carbocycles. The van der Waals surface area contributed by atoms with Gasteiger partial charge >= 0.3 is 5.97 Å². The third kappa shape index (κ3) is 1.86. The Morgan fingerprint density at radius 3 is 2.77 bits per heavy atom. The number of nitrogens with zero attached hydrogens (tertiary/aromatic N) is 1. The van der Waals surface area contributed by atoms with Crippen molar-refractivity contribution in [3.63, 3.8) is 0 Å². The van der Waals surface area contributed by atoms with Crippen molar-refractivity contribution >= 4 is 11.9 Å². The van der Waals surface area contributed by atoms with Gasteiger partial charge in [0.05, 0.1) is 24.6 Å². The van der Waals surface area contributed by atoms with Crippen molar-refractivity contribution in [3.05, 3.63) is 11.8 Å². The Kier molecular flexibility index (Phi) is 2.67. The van der Waals surface area contributed by atoms with Gasteiger partial charge in [-0.25, -0.2) is 4.79 Å². The van der Waals surface area contributed by atoms with Gasteiger partial charge in [-0.3, -0.25) is 4.79 Å². The number of carboxylic acid groups (broad SMARTS) is 1. The summed E-state index contributed by atoms with van der Waals surface area (Å²) in [6.07, 6.45) is 1.20. The number of carbonyl (C=O) groups excluding carboxylic acids is 1. The van der Waals surface area contributed by atoms with Crippen molar-refractivity contribution in [2.75, 3.05) is 6.61 Å². The Labute approximate surface area is 75.3 Å². The Balaban J connectivity index is 2.77.